The van der Waals surface area contributed by atoms with Crippen LogP contribution in [-0.2, 0) is 22.6 Å². The average molecular weight is 438 g/mol. The Hall–Kier alpha value is -3.21. The van der Waals surface area contributed by atoms with Gasteiger partial charge in [-0.15, -0.1) is 0 Å². The lowest BCUT2D eigenvalue weighted by Crippen LogP contribution is -2.40. The normalized spacial score (nSPS) is 21.5. The van der Waals surface area contributed by atoms with Gasteiger partial charge in [0.2, 0.25) is 11.8 Å². The largest absolute Gasteiger partial charge is 0.354 e. The van der Waals surface area contributed by atoms with Crippen LogP contribution < -0.4 is 10.6 Å². The average Bonchev–Trinajstić information content (AvgIpc) is 3.21. The second-order valence-electron chi connectivity index (χ2n) is 9.73. The minimum Gasteiger partial charge on any atom is -0.354 e. The molecule has 1 fully saturated rings. The summed E-state index contributed by atoms with van der Waals surface area (Å²) in [6.07, 6.45) is 4.88. The van der Waals surface area contributed by atoms with E-state index in [4.69, 9.17) is 0 Å². The van der Waals surface area contributed by atoms with E-state index in [1.165, 1.54) is 6.92 Å². The lowest BCUT2D eigenvalue weighted by Gasteiger charge is -2.28. The number of rotatable bonds is 4. The van der Waals surface area contributed by atoms with Crippen molar-refractivity contribution in [1.29, 1.82) is 5.26 Å². The van der Waals surface area contributed by atoms with Gasteiger partial charge >= 0.3 is 0 Å². The first-order valence-electron chi connectivity index (χ1n) is 11.0. The molecule has 2 amide bonds. The number of nitrogens with one attached hydrogen (secondary N) is 2. The number of anilines is 1. The molecular formula is C24H28FN5O2. The molecule has 2 atom stereocenters. The molecule has 0 bridgehead atoms. The number of nitriles is 1. The number of halogens is 1. The number of carbonyl (C=O) groups excluding carboxylic acids is 2. The molecule has 0 saturated heterocycles. The fourth-order valence-electron chi connectivity index (χ4n) is 5.01. The zero-order valence-corrected chi connectivity index (χ0v) is 18.7. The molecule has 2 aromatic heterocycles. The van der Waals surface area contributed by atoms with Crippen LogP contribution in [-0.4, -0.2) is 27.4 Å². The van der Waals surface area contributed by atoms with Gasteiger partial charge in [0.15, 0.2) is 0 Å². The lowest BCUT2D eigenvalue weighted by atomic mass is 9.85. The number of aromatic nitrogens is 2. The van der Waals surface area contributed by atoms with Gasteiger partial charge in [-0.1, -0.05) is 20.3 Å². The number of nitrogens with zero attached hydrogens (tertiary/aromatic N) is 3. The van der Waals surface area contributed by atoms with Crippen molar-refractivity contribution < 1.29 is 14.0 Å². The van der Waals surface area contributed by atoms with Crippen molar-refractivity contribution >= 4 is 17.6 Å². The molecule has 1 saturated carbocycles. The van der Waals surface area contributed by atoms with Crippen LogP contribution in [0.3, 0.4) is 0 Å². The van der Waals surface area contributed by atoms with Crippen molar-refractivity contribution in [2.75, 3.05) is 5.32 Å². The van der Waals surface area contributed by atoms with Gasteiger partial charge in [0, 0.05) is 42.2 Å². The Morgan fingerprint density at radius 2 is 2.06 bits per heavy atom. The van der Waals surface area contributed by atoms with Crippen LogP contribution in [0.15, 0.2) is 18.3 Å². The number of hydrogen-bond acceptors (Lipinski definition) is 4. The minimum absolute atomic E-state index is 0.00886. The van der Waals surface area contributed by atoms with Crippen LogP contribution in [0, 0.1) is 28.5 Å². The highest BCUT2D eigenvalue weighted by Crippen LogP contribution is 2.40. The first-order chi connectivity index (χ1) is 15.2. The Morgan fingerprint density at radius 1 is 1.28 bits per heavy atom. The van der Waals surface area contributed by atoms with Crippen LogP contribution in [0.5, 0.6) is 0 Å². The standard InChI is InChI=1S/C24H28FN5O2/c1-14(31)28-16-6-4-5-15(7-16)23(32)29-22-9-18(20(25)12-27-22)19-8-17(11-26)30-13-24(2,3)10-21(19)30/h8-9,12,15-16H,4-7,10,13H2,1-3H3,(H,28,31)(H,27,29,32)/t15-,16+/m0/s1. The summed E-state index contributed by atoms with van der Waals surface area (Å²) in [4.78, 5) is 28.3. The van der Waals surface area contributed by atoms with Gasteiger partial charge in [-0.2, -0.15) is 5.26 Å². The molecule has 1 aliphatic heterocycles. The molecule has 0 aromatic carbocycles. The van der Waals surface area contributed by atoms with Crippen molar-refractivity contribution in [3.05, 3.63) is 35.5 Å². The molecule has 2 aliphatic rings. The molecule has 7 nitrogen and oxygen atoms in total. The molecular weight excluding hydrogens is 409 g/mol. The van der Waals surface area contributed by atoms with Crippen LogP contribution >= 0.6 is 0 Å². The summed E-state index contributed by atoms with van der Waals surface area (Å²) in [5.74, 6) is -0.717. The summed E-state index contributed by atoms with van der Waals surface area (Å²) < 4.78 is 16.7. The predicted octanol–water partition coefficient (Wildman–Crippen LogP) is 3.78. The van der Waals surface area contributed by atoms with Crippen LogP contribution in [0.1, 0.15) is 57.8 Å². The quantitative estimate of drug-likeness (QED) is 0.760. The first-order valence-corrected chi connectivity index (χ1v) is 11.0. The van der Waals surface area contributed by atoms with E-state index in [9.17, 15) is 19.2 Å². The van der Waals surface area contributed by atoms with E-state index in [1.54, 1.807) is 12.1 Å². The van der Waals surface area contributed by atoms with Crippen molar-refractivity contribution in [3.8, 4) is 17.2 Å². The fourth-order valence-corrected chi connectivity index (χ4v) is 5.01. The maximum Gasteiger partial charge on any atom is 0.228 e. The van der Waals surface area contributed by atoms with Gasteiger partial charge in [0.05, 0.1) is 6.20 Å². The molecule has 4 rings (SSSR count). The van der Waals surface area contributed by atoms with Crippen LogP contribution in [0.2, 0.25) is 0 Å². The van der Waals surface area contributed by atoms with Gasteiger partial charge in [0.25, 0.3) is 0 Å². The van der Waals surface area contributed by atoms with Gasteiger partial charge in [0.1, 0.15) is 23.4 Å². The second kappa shape index (κ2) is 8.38. The maximum absolute atomic E-state index is 14.8. The third-order valence-corrected chi connectivity index (χ3v) is 6.40. The number of carbonyl (C=O) groups is 2. The van der Waals surface area contributed by atoms with E-state index in [0.29, 0.717) is 29.8 Å². The topological polar surface area (TPSA) is 99.8 Å². The minimum atomic E-state index is -0.492. The van der Waals surface area contributed by atoms with E-state index >= 15 is 0 Å². The SMILES string of the molecule is CC(=O)N[C@@H]1CCC[C@H](C(=O)Nc2cc(-c3cc(C#N)n4c3CC(C)(C)C4)c(F)cn2)C1. The van der Waals surface area contributed by atoms with Crippen molar-refractivity contribution in [2.45, 2.75) is 65.5 Å². The third-order valence-electron chi connectivity index (χ3n) is 6.40. The molecule has 0 spiro atoms. The van der Waals surface area contributed by atoms with Crippen molar-refractivity contribution in [3.63, 3.8) is 0 Å². The molecule has 8 heteroatoms. The fraction of sp³-hybridized carbons (Fsp3) is 0.500. The highest BCUT2D eigenvalue weighted by molar-refractivity contribution is 5.92. The zero-order chi connectivity index (χ0) is 23.0. The molecule has 0 unspecified atom stereocenters. The summed E-state index contributed by atoms with van der Waals surface area (Å²) in [5, 5.41) is 15.3. The Morgan fingerprint density at radius 3 is 2.78 bits per heavy atom. The molecule has 2 N–H and O–H groups in total. The molecule has 2 aromatic rings. The number of amides is 2. The summed E-state index contributed by atoms with van der Waals surface area (Å²) in [6, 6.07) is 5.46. The van der Waals surface area contributed by atoms with Crippen molar-refractivity contribution in [2.24, 2.45) is 11.3 Å². The second-order valence-corrected chi connectivity index (χ2v) is 9.73. The van der Waals surface area contributed by atoms with E-state index in [-0.39, 0.29) is 35.0 Å². The van der Waals surface area contributed by atoms with E-state index in [0.717, 1.165) is 37.6 Å². The maximum atomic E-state index is 14.8. The molecule has 32 heavy (non-hydrogen) atoms. The first kappa shape index (κ1) is 22.0. The van der Waals surface area contributed by atoms with Gasteiger partial charge in [-0.25, -0.2) is 9.37 Å². The van der Waals surface area contributed by atoms with E-state index in [2.05, 4.69) is 35.5 Å². The van der Waals surface area contributed by atoms with Gasteiger partial charge in [-0.05, 0) is 43.2 Å². The highest BCUT2D eigenvalue weighted by Gasteiger charge is 2.34. The Balaban J connectivity index is 1.57. The number of pyridine rings is 1. The Kier molecular flexibility index (Phi) is 5.76. The Labute approximate surface area is 187 Å². The number of hydrogen-bond donors (Lipinski definition) is 2. The summed E-state index contributed by atoms with van der Waals surface area (Å²) >= 11 is 0. The molecule has 0 radical (unpaired) electrons. The van der Waals surface area contributed by atoms with Crippen LogP contribution in [0.4, 0.5) is 10.2 Å². The predicted molar refractivity (Wildman–Crippen MR) is 118 cm³/mol. The summed E-state index contributed by atoms with van der Waals surface area (Å²) in [7, 11) is 0. The third kappa shape index (κ3) is 4.38. The van der Waals surface area contributed by atoms with Crippen molar-refractivity contribution in [1.82, 2.24) is 14.9 Å². The van der Waals surface area contributed by atoms with Gasteiger partial charge in [-0.3, -0.25) is 9.59 Å². The Bertz CT molecular complexity index is 1110. The zero-order valence-electron chi connectivity index (χ0n) is 18.7. The summed E-state index contributed by atoms with van der Waals surface area (Å²) in [6.45, 7) is 6.43. The molecule has 168 valence electrons. The molecule has 1 aliphatic carbocycles. The van der Waals surface area contributed by atoms with E-state index in [1.807, 2.05) is 4.57 Å². The van der Waals surface area contributed by atoms with Crippen LogP contribution in [0.25, 0.3) is 11.1 Å². The van der Waals surface area contributed by atoms with E-state index < -0.39 is 5.82 Å². The summed E-state index contributed by atoms with van der Waals surface area (Å²) in [5.41, 5.74) is 2.43. The molecule has 3 heterocycles. The lowest BCUT2D eigenvalue weighted by molar-refractivity contribution is -0.123. The monoisotopic (exact) mass is 437 g/mol. The smallest absolute Gasteiger partial charge is 0.228 e. The highest BCUT2D eigenvalue weighted by atomic mass is 19.1. The number of fused-ring (bicyclic) bond motifs is 1. The van der Waals surface area contributed by atoms with Gasteiger partial charge < -0.3 is 15.2 Å².